The Balaban J connectivity index is 2.35. The number of aromatic nitrogens is 1. The van der Waals surface area contributed by atoms with Gasteiger partial charge in [0.05, 0.1) is 11.2 Å². The molecule has 0 aliphatic rings. The molecule has 1 aromatic heterocycles. The highest BCUT2D eigenvalue weighted by molar-refractivity contribution is 6.31. The number of hydrogen-bond donors (Lipinski definition) is 0. The minimum Gasteiger partial charge on any atom is -0.252 e. The van der Waals surface area contributed by atoms with E-state index >= 15 is 0 Å². The molecule has 0 bridgehead atoms. The lowest BCUT2D eigenvalue weighted by Gasteiger charge is -2.11. The lowest BCUT2D eigenvalue weighted by molar-refractivity contribution is 0.828. The molecule has 20 heavy (non-hydrogen) atoms. The van der Waals surface area contributed by atoms with Gasteiger partial charge in [-0.05, 0) is 29.7 Å². The Morgan fingerprint density at radius 3 is 2.50 bits per heavy atom. The quantitative estimate of drug-likeness (QED) is 0.606. The lowest BCUT2D eigenvalue weighted by atomic mass is 9.97. The number of fused-ring (bicyclic) bond motifs is 1. The first-order valence-corrected chi connectivity index (χ1v) is 7.11. The fraction of sp³-hybridized carbons (Fsp3) is 0.167. The van der Waals surface area contributed by atoms with E-state index in [0.29, 0.717) is 5.92 Å². The normalized spacial score (nSPS) is 11.2. The van der Waals surface area contributed by atoms with Crippen molar-refractivity contribution < 1.29 is 0 Å². The van der Waals surface area contributed by atoms with Crippen molar-refractivity contribution in [1.82, 2.24) is 4.98 Å². The molecule has 0 amide bonds. The van der Waals surface area contributed by atoms with E-state index in [1.165, 1.54) is 0 Å². The molecule has 1 heterocycles. The highest BCUT2D eigenvalue weighted by Crippen LogP contribution is 2.31. The smallest absolute Gasteiger partial charge is 0.0713 e. The fourth-order valence-corrected chi connectivity index (χ4v) is 2.44. The molecule has 0 fully saturated rings. The third-order valence-electron chi connectivity index (χ3n) is 3.33. The van der Waals surface area contributed by atoms with Crippen LogP contribution < -0.4 is 0 Å². The molecular formula is C18H15ClN. The van der Waals surface area contributed by atoms with Crippen LogP contribution in [0.5, 0.6) is 0 Å². The van der Waals surface area contributed by atoms with Gasteiger partial charge in [0.1, 0.15) is 0 Å². The first-order valence-electron chi connectivity index (χ1n) is 6.73. The van der Waals surface area contributed by atoms with Crippen molar-refractivity contribution >= 4 is 22.5 Å². The lowest BCUT2D eigenvalue weighted by Crippen LogP contribution is -1.96. The molecule has 2 heteroatoms. The van der Waals surface area contributed by atoms with Gasteiger partial charge in [-0.3, -0.25) is 4.98 Å². The Kier molecular flexibility index (Phi) is 3.45. The standard InChI is InChI=1S/C18H15ClN/c1-12(2)18-11-15(13-6-4-3-5-7-13)16-10-14(19)8-9-17(16)20-18/h3-10,12H,1-2H3. The Morgan fingerprint density at radius 2 is 1.80 bits per heavy atom. The maximum Gasteiger partial charge on any atom is 0.0713 e. The van der Waals surface area contributed by atoms with Crippen LogP contribution >= 0.6 is 11.6 Å². The van der Waals surface area contributed by atoms with Gasteiger partial charge in [0.2, 0.25) is 0 Å². The summed E-state index contributed by atoms with van der Waals surface area (Å²) in [6.07, 6.45) is 0. The average molecular weight is 281 g/mol. The number of rotatable bonds is 2. The van der Waals surface area contributed by atoms with E-state index in [4.69, 9.17) is 11.6 Å². The second-order valence-corrected chi connectivity index (χ2v) is 5.62. The Labute approximate surface area is 124 Å². The van der Waals surface area contributed by atoms with E-state index < -0.39 is 0 Å². The second kappa shape index (κ2) is 5.26. The van der Waals surface area contributed by atoms with E-state index in [0.717, 1.165) is 32.7 Å². The summed E-state index contributed by atoms with van der Waals surface area (Å²) in [4.78, 5) is 4.69. The molecule has 3 aromatic rings. The van der Waals surface area contributed by atoms with Crippen LogP contribution in [0, 0.1) is 6.07 Å². The van der Waals surface area contributed by atoms with Crippen LogP contribution in [0.1, 0.15) is 25.5 Å². The van der Waals surface area contributed by atoms with Gasteiger partial charge in [-0.15, -0.1) is 0 Å². The fourth-order valence-electron chi connectivity index (χ4n) is 2.27. The summed E-state index contributed by atoms with van der Waals surface area (Å²) >= 11 is 6.14. The van der Waals surface area contributed by atoms with Gasteiger partial charge in [0, 0.05) is 22.0 Å². The Bertz CT molecular complexity index is 748. The maximum atomic E-state index is 6.14. The van der Waals surface area contributed by atoms with Gasteiger partial charge in [-0.25, -0.2) is 0 Å². The molecule has 2 aromatic carbocycles. The summed E-state index contributed by atoms with van der Waals surface area (Å²) < 4.78 is 0. The third-order valence-corrected chi connectivity index (χ3v) is 3.57. The number of hydrogen-bond acceptors (Lipinski definition) is 1. The van der Waals surface area contributed by atoms with Crippen molar-refractivity contribution in [2.75, 3.05) is 0 Å². The summed E-state index contributed by atoms with van der Waals surface area (Å²) in [7, 11) is 0. The van der Waals surface area contributed by atoms with E-state index in [1.807, 2.05) is 36.4 Å². The van der Waals surface area contributed by atoms with Crippen LogP contribution in [0.4, 0.5) is 0 Å². The van der Waals surface area contributed by atoms with E-state index in [-0.39, 0.29) is 0 Å². The molecule has 0 N–H and O–H groups in total. The summed E-state index contributed by atoms with van der Waals surface area (Å²) in [5, 5.41) is 1.77. The van der Waals surface area contributed by atoms with Crippen LogP contribution in [0.15, 0.2) is 48.5 Å². The van der Waals surface area contributed by atoms with Crippen LogP contribution in [0.2, 0.25) is 5.02 Å². The average Bonchev–Trinajstić information content (AvgIpc) is 2.47. The molecule has 0 spiro atoms. The number of pyridine rings is 1. The van der Waals surface area contributed by atoms with Gasteiger partial charge in [0.15, 0.2) is 0 Å². The molecule has 0 saturated heterocycles. The summed E-state index contributed by atoms with van der Waals surface area (Å²) in [6, 6.07) is 19.6. The third kappa shape index (κ3) is 2.41. The largest absolute Gasteiger partial charge is 0.252 e. The molecule has 0 atom stereocenters. The van der Waals surface area contributed by atoms with Gasteiger partial charge >= 0.3 is 0 Å². The van der Waals surface area contributed by atoms with Crippen LogP contribution in [0.3, 0.4) is 0 Å². The monoisotopic (exact) mass is 280 g/mol. The Morgan fingerprint density at radius 1 is 1.05 bits per heavy atom. The highest BCUT2D eigenvalue weighted by Gasteiger charge is 2.11. The van der Waals surface area contributed by atoms with Gasteiger partial charge in [-0.1, -0.05) is 55.8 Å². The van der Waals surface area contributed by atoms with Gasteiger partial charge in [0.25, 0.3) is 0 Å². The molecule has 0 aliphatic carbocycles. The molecule has 1 radical (unpaired) electrons. The topological polar surface area (TPSA) is 12.9 Å². The van der Waals surface area contributed by atoms with Crippen LogP contribution in [0.25, 0.3) is 22.0 Å². The van der Waals surface area contributed by atoms with Crippen molar-refractivity contribution in [2.24, 2.45) is 0 Å². The zero-order chi connectivity index (χ0) is 14.1. The molecule has 0 saturated carbocycles. The first kappa shape index (κ1) is 13.1. The molecule has 1 nitrogen and oxygen atoms in total. The molecule has 99 valence electrons. The zero-order valence-corrected chi connectivity index (χ0v) is 12.3. The second-order valence-electron chi connectivity index (χ2n) is 5.18. The minimum atomic E-state index is 0.345. The minimum absolute atomic E-state index is 0.345. The van der Waals surface area contributed by atoms with Crippen molar-refractivity contribution in [3.8, 4) is 11.1 Å². The summed E-state index contributed by atoms with van der Waals surface area (Å²) in [5.74, 6) is 0.345. The zero-order valence-electron chi connectivity index (χ0n) is 11.5. The SMILES string of the molecule is CC(C)c1[c]c(-c2ccccc2)c2cc(Cl)ccc2n1. The van der Waals surface area contributed by atoms with Crippen LogP contribution in [-0.2, 0) is 0 Å². The summed E-state index contributed by atoms with van der Waals surface area (Å²) in [6.45, 7) is 4.27. The van der Waals surface area contributed by atoms with E-state index in [2.05, 4.69) is 37.0 Å². The van der Waals surface area contributed by atoms with E-state index in [9.17, 15) is 0 Å². The number of benzene rings is 2. The molecule has 0 aliphatic heterocycles. The summed E-state index contributed by atoms with van der Waals surface area (Å²) in [5.41, 5.74) is 4.17. The van der Waals surface area contributed by atoms with E-state index in [1.54, 1.807) is 0 Å². The Hall–Kier alpha value is -1.86. The maximum absolute atomic E-state index is 6.14. The molecular weight excluding hydrogens is 266 g/mol. The van der Waals surface area contributed by atoms with Gasteiger partial charge in [-0.2, -0.15) is 0 Å². The predicted molar refractivity (Wildman–Crippen MR) is 85.1 cm³/mol. The highest BCUT2D eigenvalue weighted by atomic mass is 35.5. The van der Waals surface area contributed by atoms with Crippen molar-refractivity contribution in [2.45, 2.75) is 19.8 Å². The molecule has 0 unspecified atom stereocenters. The number of halogens is 1. The first-order chi connectivity index (χ1) is 9.65. The number of nitrogens with zero attached hydrogens (tertiary/aromatic N) is 1. The van der Waals surface area contributed by atoms with Crippen molar-refractivity contribution in [3.05, 3.63) is 65.3 Å². The predicted octanol–water partition coefficient (Wildman–Crippen LogP) is 5.48. The van der Waals surface area contributed by atoms with Gasteiger partial charge < -0.3 is 0 Å². The molecule has 3 rings (SSSR count). The van der Waals surface area contributed by atoms with Crippen LogP contribution in [-0.4, -0.2) is 4.98 Å². The van der Waals surface area contributed by atoms with Crippen molar-refractivity contribution in [3.63, 3.8) is 0 Å². The van der Waals surface area contributed by atoms with Crippen molar-refractivity contribution in [1.29, 1.82) is 0 Å².